The summed E-state index contributed by atoms with van der Waals surface area (Å²) in [7, 11) is 0. The smallest absolute Gasteiger partial charge is 0.0187 e. The Morgan fingerprint density at radius 3 is 2.06 bits per heavy atom. The first kappa shape index (κ1) is 12.3. The van der Waals surface area contributed by atoms with Crippen molar-refractivity contribution in [3.63, 3.8) is 0 Å². The van der Waals surface area contributed by atoms with Crippen molar-refractivity contribution in [1.29, 1.82) is 0 Å². The molecule has 0 aromatic heterocycles. The highest BCUT2D eigenvalue weighted by atomic mass is 14.0. The van der Waals surface area contributed by atoms with E-state index in [1.165, 1.54) is 11.1 Å². The second-order valence-corrected chi connectivity index (χ2v) is 3.55. The van der Waals surface area contributed by atoms with Crippen molar-refractivity contribution >= 4 is 11.1 Å². The van der Waals surface area contributed by atoms with Gasteiger partial charge in [-0.3, -0.25) is 0 Å². The van der Waals surface area contributed by atoms with Gasteiger partial charge in [0.05, 0.1) is 0 Å². The fraction of sp³-hybridized carbons (Fsp3) is 0.125. The Balaban J connectivity index is 3.03. The minimum atomic E-state index is 0.958. The van der Waals surface area contributed by atoms with E-state index in [0.29, 0.717) is 0 Å². The van der Waals surface area contributed by atoms with E-state index in [9.17, 15) is 0 Å². The van der Waals surface area contributed by atoms with E-state index >= 15 is 0 Å². The van der Waals surface area contributed by atoms with Crippen LogP contribution in [0.2, 0.25) is 0 Å². The van der Waals surface area contributed by atoms with Crippen LogP contribution in [0.15, 0.2) is 61.7 Å². The monoisotopic (exact) mass is 210 g/mol. The maximum atomic E-state index is 3.93. The largest absolute Gasteiger partial charge is 0.0985 e. The molecule has 1 aromatic carbocycles. The lowest BCUT2D eigenvalue weighted by Crippen LogP contribution is -1.83. The molecular weight excluding hydrogens is 192 g/mol. The van der Waals surface area contributed by atoms with Gasteiger partial charge < -0.3 is 0 Å². The van der Waals surface area contributed by atoms with Gasteiger partial charge in [0.1, 0.15) is 0 Å². The van der Waals surface area contributed by atoms with Crippen LogP contribution in [0.3, 0.4) is 0 Å². The van der Waals surface area contributed by atoms with Crippen molar-refractivity contribution < 1.29 is 0 Å². The number of hydrogen-bond acceptors (Lipinski definition) is 0. The molecule has 1 rings (SSSR count). The van der Waals surface area contributed by atoms with Gasteiger partial charge in [-0.25, -0.2) is 0 Å². The lowest BCUT2D eigenvalue weighted by Gasteiger charge is -2.04. The van der Waals surface area contributed by atoms with E-state index in [-0.39, 0.29) is 0 Å². The third kappa shape index (κ3) is 2.83. The van der Waals surface area contributed by atoms with E-state index in [1.54, 1.807) is 6.08 Å². The highest BCUT2D eigenvalue weighted by molar-refractivity contribution is 5.77. The first-order valence-corrected chi connectivity index (χ1v) is 5.44. The van der Waals surface area contributed by atoms with Gasteiger partial charge >= 0.3 is 0 Å². The minimum Gasteiger partial charge on any atom is -0.0985 e. The topological polar surface area (TPSA) is 0 Å². The van der Waals surface area contributed by atoms with Gasteiger partial charge in [0.25, 0.3) is 0 Å². The molecule has 0 unspecified atom stereocenters. The van der Waals surface area contributed by atoms with Crippen LogP contribution in [-0.2, 0) is 0 Å². The minimum absolute atomic E-state index is 0.958. The van der Waals surface area contributed by atoms with Crippen molar-refractivity contribution in [2.45, 2.75) is 13.8 Å². The van der Waals surface area contributed by atoms with Gasteiger partial charge in [-0.15, -0.1) is 0 Å². The molecule has 1 aromatic rings. The van der Waals surface area contributed by atoms with Crippen molar-refractivity contribution in [2.75, 3.05) is 0 Å². The first-order chi connectivity index (χ1) is 7.72. The van der Waals surface area contributed by atoms with Crippen molar-refractivity contribution in [1.82, 2.24) is 0 Å². The molecule has 0 bridgehead atoms. The summed E-state index contributed by atoms with van der Waals surface area (Å²) in [4.78, 5) is 0. The predicted octanol–water partition coefficient (Wildman–Crippen LogP) is 4.87. The molecule has 0 amide bonds. The quantitative estimate of drug-likeness (QED) is 0.622. The molecule has 0 aliphatic carbocycles. The molecule has 0 heterocycles. The average molecular weight is 210 g/mol. The van der Waals surface area contributed by atoms with Crippen LogP contribution in [0.5, 0.6) is 0 Å². The lowest BCUT2D eigenvalue weighted by atomic mass is 10.0. The van der Waals surface area contributed by atoms with Gasteiger partial charge in [0.2, 0.25) is 0 Å². The predicted molar refractivity (Wildman–Crippen MR) is 74.1 cm³/mol. The maximum absolute atomic E-state index is 3.93. The molecular formula is C16H18. The summed E-state index contributed by atoms with van der Waals surface area (Å²) in [6, 6.07) is 8.37. The molecule has 0 aliphatic rings. The van der Waals surface area contributed by atoms with E-state index in [2.05, 4.69) is 49.6 Å². The number of benzene rings is 1. The second kappa shape index (κ2) is 5.92. The summed E-state index contributed by atoms with van der Waals surface area (Å²) in [5, 5.41) is 0. The fourth-order valence-corrected chi connectivity index (χ4v) is 1.53. The molecule has 0 heteroatoms. The molecule has 0 atom stereocenters. The normalized spacial score (nSPS) is 11.8. The Bertz CT molecular complexity index is 428. The van der Waals surface area contributed by atoms with Crippen LogP contribution in [0.4, 0.5) is 0 Å². The van der Waals surface area contributed by atoms with Crippen LogP contribution < -0.4 is 0 Å². The maximum Gasteiger partial charge on any atom is -0.0187 e. The average Bonchev–Trinajstić information content (AvgIpc) is 2.35. The van der Waals surface area contributed by atoms with E-state index < -0.39 is 0 Å². The molecule has 0 radical (unpaired) electrons. The molecule has 0 spiro atoms. The molecule has 0 fully saturated rings. The molecule has 16 heavy (non-hydrogen) atoms. The van der Waals surface area contributed by atoms with E-state index in [1.807, 2.05) is 19.9 Å². The van der Waals surface area contributed by atoms with Gasteiger partial charge in [0, 0.05) is 0 Å². The van der Waals surface area contributed by atoms with Crippen molar-refractivity contribution in [3.05, 3.63) is 72.9 Å². The molecule has 0 nitrogen and oxygen atoms in total. The third-order valence-electron chi connectivity index (χ3n) is 2.49. The summed E-state index contributed by atoms with van der Waals surface area (Å²) in [6.07, 6.45) is 8.04. The Morgan fingerprint density at radius 1 is 1.06 bits per heavy atom. The molecule has 0 saturated heterocycles. The summed E-state index contributed by atoms with van der Waals surface area (Å²) in [5.41, 5.74) is 4.54. The van der Waals surface area contributed by atoms with Crippen LogP contribution in [0, 0.1) is 0 Å². The van der Waals surface area contributed by atoms with Gasteiger partial charge in [-0.2, -0.15) is 0 Å². The molecule has 82 valence electrons. The highest BCUT2D eigenvalue weighted by Gasteiger charge is 1.98. The van der Waals surface area contributed by atoms with Gasteiger partial charge in [0.15, 0.2) is 0 Å². The number of rotatable bonds is 4. The van der Waals surface area contributed by atoms with Crippen LogP contribution >= 0.6 is 0 Å². The van der Waals surface area contributed by atoms with E-state index in [4.69, 9.17) is 0 Å². The van der Waals surface area contributed by atoms with Crippen LogP contribution in [0.1, 0.15) is 25.0 Å². The fourth-order valence-electron chi connectivity index (χ4n) is 1.53. The number of hydrogen-bond donors (Lipinski definition) is 0. The summed E-state index contributed by atoms with van der Waals surface area (Å²) >= 11 is 0. The zero-order valence-corrected chi connectivity index (χ0v) is 10.0. The SMILES string of the molecule is C=CC(=C)c1ccc(C(/C=C\C)=C/C)cc1. The lowest BCUT2D eigenvalue weighted by molar-refractivity contribution is 1.55. The zero-order valence-electron chi connectivity index (χ0n) is 10.0. The highest BCUT2D eigenvalue weighted by Crippen LogP contribution is 2.19. The van der Waals surface area contributed by atoms with Crippen LogP contribution in [0.25, 0.3) is 11.1 Å². The summed E-state index contributed by atoms with van der Waals surface area (Å²) in [5.74, 6) is 0. The van der Waals surface area contributed by atoms with Gasteiger partial charge in [-0.05, 0) is 36.1 Å². The Morgan fingerprint density at radius 2 is 1.62 bits per heavy atom. The third-order valence-corrected chi connectivity index (χ3v) is 2.49. The standard InChI is InChI=1S/C16H18/c1-5-8-14(7-3)16-11-9-15(10-12-16)13(4)6-2/h5-12H,2,4H2,1,3H3/b8-5-,14-7+. The van der Waals surface area contributed by atoms with Gasteiger partial charge in [-0.1, -0.05) is 61.7 Å². The summed E-state index contributed by atoms with van der Waals surface area (Å²) < 4.78 is 0. The van der Waals surface area contributed by atoms with Crippen LogP contribution in [-0.4, -0.2) is 0 Å². The second-order valence-electron chi connectivity index (χ2n) is 3.55. The number of allylic oxidation sites excluding steroid dienone is 6. The Hall–Kier alpha value is -1.82. The molecule has 0 aliphatic heterocycles. The van der Waals surface area contributed by atoms with Crippen molar-refractivity contribution in [2.24, 2.45) is 0 Å². The molecule has 0 N–H and O–H groups in total. The zero-order chi connectivity index (χ0) is 12.0. The van der Waals surface area contributed by atoms with Crippen molar-refractivity contribution in [3.8, 4) is 0 Å². The summed E-state index contributed by atoms with van der Waals surface area (Å²) in [6.45, 7) is 11.7. The first-order valence-electron chi connectivity index (χ1n) is 5.44. The Kier molecular flexibility index (Phi) is 4.53. The molecule has 0 saturated carbocycles. The van der Waals surface area contributed by atoms with E-state index in [0.717, 1.165) is 11.1 Å². The Labute approximate surface area is 98.3 Å².